The first-order valence-electron chi connectivity index (χ1n) is 7.77. The predicted molar refractivity (Wildman–Crippen MR) is 109 cm³/mol. The predicted octanol–water partition coefficient (Wildman–Crippen LogP) is 5.69. The summed E-state index contributed by atoms with van der Waals surface area (Å²) in [6, 6.07) is 16.1. The molecule has 0 atom stereocenters. The summed E-state index contributed by atoms with van der Waals surface area (Å²) in [6.07, 6.45) is 0.286. The topological polar surface area (TPSA) is 42.0 Å². The first-order chi connectivity index (χ1) is 12.1. The van der Waals surface area contributed by atoms with Crippen LogP contribution in [-0.4, -0.2) is 10.9 Å². The van der Waals surface area contributed by atoms with Gasteiger partial charge in [0, 0.05) is 21.3 Å². The number of anilines is 1. The first kappa shape index (κ1) is 18.2. The van der Waals surface area contributed by atoms with Gasteiger partial charge in [-0.25, -0.2) is 4.98 Å². The van der Waals surface area contributed by atoms with Crippen LogP contribution >= 0.6 is 39.0 Å². The van der Waals surface area contributed by atoms with Gasteiger partial charge in [-0.1, -0.05) is 63.6 Å². The van der Waals surface area contributed by atoms with Crippen LogP contribution < -0.4 is 5.32 Å². The third kappa shape index (κ3) is 5.70. The normalized spacial score (nSPS) is 10.6. The Morgan fingerprint density at radius 2 is 2.04 bits per heavy atom. The fourth-order valence-corrected chi connectivity index (χ4v) is 4.40. The van der Waals surface area contributed by atoms with Crippen LogP contribution in [0.3, 0.4) is 0 Å². The van der Waals surface area contributed by atoms with Crippen molar-refractivity contribution in [1.29, 1.82) is 0 Å². The van der Waals surface area contributed by atoms with Crippen LogP contribution in [0.15, 0.2) is 62.7 Å². The fraction of sp³-hybridized carbons (Fsp3) is 0.158. The molecule has 0 aliphatic heterocycles. The molecule has 25 heavy (non-hydrogen) atoms. The number of nitrogens with zero attached hydrogens (tertiary/aromatic N) is 1. The quantitative estimate of drug-likeness (QED) is 0.508. The molecular formula is C19H17BrN2OS2. The van der Waals surface area contributed by atoms with Crippen molar-refractivity contribution in [2.24, 2.45) is 0 Å². The lowest BCUT2D eigenvalue weighted by Crippen LogP contribution is -2.14. The summed E-state index contributed by atoms with van der Waals surface area (Å²) in [7, 11) is 0. The second kappa shape index (κ2) is 8.65. The number of aryl methyl sites for hydroxylation is 1. The van der Waals surface area contributed by atoms with Crippen molar-refractivity contribution in [2.45, 2.75) is 23.4 Å². The highest BCUT2D eigenvalue weighted by Gasteiger charge is 2.09. The molecule has 128 valence electrons. The van der Waals surface area contributed by atoms with Crippen molar-refractivity contribution >= 4 is 50.6 Å². The number of benzene rings is 2. The molecule has 1 N–H and O–H groups in total. The number of rotatable bonds is 6. The van der Waals surface area contributed by atoms with Crippen molar-refractivity contribution in [1.82, 2.24) is 4.98 Å². The van der Waals surface area contributed by atoms with E-state index in [1.807, 2.05) is 29.6 Å². The maximum Gasteiger partial charge on any atom is 0.230 e. The molecule has 0 saturated carbocycles. The number of hydrogen-bond donors (Lipinski definition) is 1. The van der Waals surface area contributed by atoms with Crippen molar-refractivity contribution in [2.75, 3.05) is 5.32 Å². The molecule has 3 aromatic rings. The smallest absolute Gasteiger partial charge is 0.230 e. The van der Waals surface area contributed by atoms with Gasteiger partial charge in [0.05, 0.1) is 12.1 Å². The molecule has 2 aromatic carbocycles. The third-order valence-corrected chi connectivity index (χ3v) is 6.10. The molecule has 0 aliphatic rings. The zero-order valence-electron chi connectivity index (χ0n) is 13.7. The minimum atomic E-state index is -0.0570. The molecule has 3 rings (SSSR count). The average molecular weight is 433 g/mol. The highest BCUT2D eigenvalue weighted by Crippen LogP contribution is 2.26. The zero-order valence-corrected chi connectivity index (χ0v) is 16.9. The molecule has 0 unspecified atom stereocenters. The van der Waals surface area contributed by atoms with Crippen molar-refractivity contribution in [3.8, 4) is 0 Å². The molecule has 0 spiro atoms. The number of thiazole rings is 1. The van der Waals surface area contributed by atoms with Gasteiger partial charge in [-0.2, -0.15) is 0 Å². The van der Waals surface area contributed by atoms with Gasteiger partial charge >= 0.3 is 0 Å². The standard InChI is InChI=1S/C19H17BrN2OS2/c1-13-5-7-14(8-6-13)11-24-19-22-17(12-25-19)10-18(23)21-16-4-2-3-15(20)9-16/h2-9,12H,10-11H2,1H3,(H,21,23). The minimum Gasteiger partial charge on any atom is -0.326 e. The molecule has 3 nitrogen and oxygen atoms in total. The lowest BCUT2D eigenvalue weighted by molar-refractivity contribution is -0.115. The van der Waals surface area contributed by atoms with Crippen LogP contribution in [-0.2, 0) is 17.0 Å². The summed E-state index contributed by atoms with van der Waals surface area (Å²) in [5.74, 6) is 0.829. The van der Waals surface area contributed by atoms with Gasteiger partial charge in [-0.3, -0.25) is 4.79 Å². The molecule has 1 heterocycles. The van der Waals surface area contributed by atoms with Gasteiger partial charge < -0.3 is 5.32 Å². The Bertz CT molecular complexity index is 862. The summed E-state index contributed by atoms with van der Waals surface area (Å²) < 4.78 is 1.93. The molecule has 0 bridgehead atoms. The van der Waals surface area contributed by atoms with Crippen LogP contribution in [0.1, 0.15) is 16.8 Å². The van der Waals surface area contributed by atoms with Gasteiger partial charge in [-0.05, 0) is 30.7 Å². The molecule has 0 fully saturated rings. The Morgan fingerprint density at radius 1 is 1.24 bits per heavy atom. The lowest BCUT2D eigenvalue weighted by atomic mass is 10.2. The van der Waals surface area contributed by atoms with E-state index in [0.29, 0.717) is 0 Å². The van der Waals surface area contributed by atoms with E-state index in [2.05, 4.69) is 57.4 Å². The minimum absolute atomic E-state index is 0.0570. The van der Waals surface area contributed by atoms with E-state index in [0.717, 1.165) is 25.9 Å². The van der Waals surface area contributed by atoms with Crippen LogP contribution in [0.25, 0.3) is 0 Å². The third-order valence-electron chi connectivity index (χ3n) is 3.46. The van der Waals surface area contributed by atoms with E-state index < -0.39 is 0 Å². The summed E-state index contributed by atoms with van der Waals surface area (Å²) in [6.45, 7) is 2.09. The van der Waals surface area contributed by atoms with Crippen LogP contribution in [0.2, 0.25) is 0 Å². The Kier molecular flexibility index (Phi) is 6.29. The number of carbonyl (C=O) groups is 1. The van der Waals surface area contributed by atoms with Gasteiger partial charge in [0.15, 0.2) is 0 Å². The van der Waals surface area contributed by atoms with Crippen LogP contribution in [0.5, 0.6) is 0 Å². The monoisotopic (exact) mass is 432 g/mol. The van der Waals surface area contributed by atoms with Gasteiger partial charge in [-0.15, -0.1) is 11.3 Å². The molecule has 1 aromatic heterocycles. The van der Waals surface area contributed by atoms with Gasteiger partial charge in [0.25, 0.3) is 0 Å². The average Bonchev–Trinajstić information content (AvgIpc) is 3.01. The fourth-order valence-electron chi connectivity index (χ4n) is 2.20. The van der Waals surface area contributed by atoms with Crippen molar-refractivity contribution in [3.05, 3.63) is 75.2 Å². The van der Waals surface area contributed by atoms with E-state index in [9.17, 15) is 4.79 Å². The van der Waals surface area contributed by atoms with Crippen LogP contribution in [0.4, 0.5) is 5.69 Å². The van der Waals surface area contributed by atoms with Crippen LogP contribution in [0, 0.1) is 6.92 Å². The Balaban J connectivity index is 1.52. The second-order valence-electron chi connectivity index (χ2n) is 5.61. The van der Waals surface area contributed by atoms with Gasteiger partial charge in [0.2, 0.25) is 5.91 Å². The molecule has 1 amide bonds. The highest BCUT2D eigenvalue weighted by atomic mass is 79.9. The number of thioether (sulfide) groups is 1. The van der Waals surface area contributed by atoms with Crippen molar-refractivity contribution < 1.29 is 4.79 Å². The number of hydrogen-bond acceptors (Lipinski definition) is 4. The number of aromatic nitrogens is 1. The molecule has 0 aliphatic carbocycles. The number of amides is 1. The Hall–Kier alpha value is -1.63. The number of nitrogens with one attached hydrogen (secondary N) is 1. The molecule has 6 heteroatoms. The lowest BCUT2D eigenvalue weighted by Gasteiger charge is -2.04. The Labute approximate surface area is 164 Å². The second-order valence-corrected chi connectivity index (χ2v) is 8.61. The maximum atomic E-state index is 12.1. The highest BCUT2D eigenvalue weighted by molar-refractivity contribution is 9.10. The summed E-state index contributed by atoms with van der Waals surface area (Å²) in [4.78, 5) is 16.7. The van der Waals surface area contributed by atoms with E-state index in [-0.39, 0.29) is 12.3 Å². The molecule has 0 radical (unpaired) electrons. The van der Waals surface area contributed by atoms with Gasteiger partial charge in [0.1, 0.15) is 4.34 Å². The van der Waals surface area contributed by atoms with E-state index >= 15 is 0 Å². The largest absolute Gasteiger partial charge is 0.326 e. The van der Waals surface area contributed by atoms with E-state index in [1.165, 1.54) is 11.1 Å². The maximum absolute atomic E-state index is 12.1. The SMILES string of the molecule is Cc1ccc(CSc2nc(CC(=O)Nc3cccc(Br)c3)cs2)cc1. The van der Waals surface area contributed by atoms with E-state index in [1.54, 1.807) is 23.1 Å². The first-order valence-corrected chi connectivity index (χ1v) is 10.4. The summed E-state index contributed by atoms with van der Waals surface area (Å²) in [5, 5.41) is 4.85. The summed E-state index contributed by atoms with van der Waals surface area (Å²) >= 11 is 6.69. The Morgan fingerprint density at radius 3 is 2.80 bits per heavy atom. The van der Waals surface area contributed by atoms with E-state index in [4.69, 9.17) is 0 Å². The number of carbonyl (C=O) groups excluding carboxylic acids is 1. The number of halogens is 1. The molecular weight excluding hydrogens is 416 g/mol. The summed E-state index contributed by atoms with van der Waals surface area (Å²) in [5.41, 5.74) is 4.13. The molecule has 0 saturated heterocycles. The zero-order chi connectivity index (χ0) is 17.6. The van der Waals surface area contributed by atoms with Crippen molar-refractivity contribution in [3.63, 3.8) is 0 Å².